The zero-order valence-corrected chi connectivity index (χ0v) is 16.7. The van der Waals surface area contributed by atoms with Crippen molar-refractivity contribution < 1.29 is 27.1 Å². The van der Waals surface area contributed by atoms with Crippen molar-refractivity contribution in [2.24, 2.45) is 0 Å². The van der Waals surface area contributed by atoms with Gasteiger partial charge in [-0.2, -0.15) is 4.31 Å². The predicted octanol–water partition coefficient (Wildman–Crippen LogP) is 2.11. The summed E-state index contributed by atoms with van der Waals surface area (Å²) in [5.74, 6) is -0.127. The molecule has 0 N–H and O–H groups in total. The van der Waals surface area contributed by atoms with Crippen LogP contribution in [-0.4, -0.2) is 55.2 Å². The minimum atomic E-state index is -3.62. The van der Waals surface area contributed by atoms with Crippen LogP contribution >= 0.6 is 0 Å². The largest absolute Gasteiger partial charge is 0.452 e. The number of hydrogen-bond donors (Lipinski definition) is 0. The number of sulfonamides is 1. The van der Waals surface area contributed by atoms with Crippen molar-refractivity contribution in [2.45, 2.75) is 11.5 Å². The van der Waals surface area contributed by atoms with Gasteiger partial charge in [-0.25, -0.2) is 13.2 Å². The van der Waals surface area contributed by atoms with E-state index in [1.165, 1.54) is 28.6 Å². The Balaban J connectivity index is 1.38. The van der Waals surface area contributed by atoms with Crippen LogP contribution in [0.3, 0.4) is 0 Å². The van der Waals surface area contributed by atoms with E-state index in [1.807, 2.05) is 30.3 Å². The molecule has 0 spiro atoms. The van der Waals surface area contributed by atoms with Crippen LogP contribution < -0.4 is 0 Å². The molecule has 0 unspecified atom stereocenters. The summed E-state index contributed by atoms with van der Waals surface area (Å²) in [7, 11) is -3.62. The van der Waals surface area contributed by atoms with Gasteiger partial charge < -0.3 is 13.9 Å². The first kappa shape index (κ1) is 20.2. The van der Waals surface area contributed by atoms with E-state index in [0.29, 0.717) is 32.2 Å². The molecule has 1 aromatic heterocycles. The molecule has 30 heavy (non-hydrogen) atoms. The monoisotopic (exact) mass is 429 g/mol. The third-order valence-corrected chi connectivity index (χ3v) is 6.43. The zero-order valence-electron chi connectivity index (χ0n) is 15.9. The highest BCUT2D eigenvalue weighted by Crippen LogP contribution is 2.19. The van der Waals surface area contributed by atoms with E-state index >= 15 is 0 Å². The lowest BCUT2D eigenvalue weighted by atomic mass is 10.2. The number of esters is 1. The van der Waals surface area contributed by atoms with Crippen LogP contribution in [0.1, 0.15) is 16.2 Å². The van der Waals surface area contributed by atoms with Crippen LogP contribution in [-0.2, 0) is 26.1 Å². The Labute approximate surface area is 173 Å². The first-order valence-electron chi connectivity index (χ1n) is 9.27. The second-order valence-electron chi connectivity index (χ2n) is 6.48. The molecule has 4 rings (SSSR count). The second kappa shape index (κ2) is 8.74. The standard InChI is InChI=1S/C20H19N3O6S/c24-20(28-14-18-21-22-19(29-18)15-4-2-1-3-5-15)16-6-8-17(9-7-16)30(25,26)23-10-12-27-13-11-23/h1-9H,10-14H2. The van der Waals surface area contributed by atoms with E-state index in [9.17, 15) is 13.2 Å². The highest BCUT2D eigenvalue weighted by atomic mass is 32.2. The summed E-state index contributed by atoms with van der Waals surface area (Å²) >= 11 is 0. The van der Waals surface area contributed by atoms with Crippen LogP contribution in [0.5, 0.6) is 0 Å². The Morgan fingerprint density at radius 1 is 1.00 bits per heavy atom. The van der Waals surface area contributed by atoms with Crippen LogP contribution in [0.2, 0.25) is 0 Å². The number of benzene rings is 2. The smallest absolute Gasteiger partial charge is 0.338 e. The molecule has 3 aromatic rings. The molecule has 0 amide bonds. The van der Waals surface area contributed by atoms with Crippen LogP contribution in [0.25, 0.3) is 11.5 Å². The Morgan fingerprint density at radius 3 is 2.40 bits per heavy atom. The van der Waals surface area contributed by atoms with Gasteiger partial charge in [0.2, 0.25) is 15.9 Å². The van der Waals surface area contributed by atoms with Gasteiger partial charge in [-0.05, 0) is 36.4 Å². The normalized spacial score (nSPS) is 15.1. The van der Waals surface area contributed by atoms with E-state index in [1.54, 1.807) is 0 Å². The van der Waals surface area contributed by atoms with Crippen molar-refractivity contribution in [3.63, 3.8) is 0 Å². The molecule has 0 radical (unpaired) electrons. The average Bonchev–Trinajstić information content (AvgIpc) is 3.28. The van der Waals surface area contributed by atoms with Crippen LogP contribution in [0, 0.1) is 0 Å². The molecule has 0 aliphatic carbocycles. The van der Waals surface area contributed by atoms with Gasteiger partial charge in [0.05, 0.1) is 23.7 Å². The maximum atomic E-state index is 12.6. The third-order valence-electron chi connectivity index (χ3n) is 4.51. The molecule has 2 aromatic carbocycles. The number of rotatable bonds is 6. The Morgan fingerprint density at radius 2 is 1.70 bits per heavy atom. The molecule has 0 saturated carbocycles. The molecule has 1 aliphatic heterocycles. The van der Waals surface area contributed by atoms with Gasteiger partial charge in [-0.15, -0.1) is 10.2 Å². The molecule has 9 nitrogen and oxygen atoms in total. The predicted molar refractivity (Wildman–Crippen MR) is 105 cm³/mol. The summed E-state index contributed by atoms with van der Waals surface area (Å²) in [5, 5.41) is 7.80. The van der Waals surface area contributed by atoms with Gasteiger partial charge in [-0.1, -0.05) is 18.2 Å². The third kappa shape index (κ3) is 4.40. The van der Waals surface area contributed by atoms with Gasteiger partial charge >= 0.3 is 5.97 Å². The van der Waals surface area contributed by atoms with E-state index in [-0.39, 0.29) is 23.0 Å². The minimum Gasteiger partial charge on any atom is -0.452 e. The molecule has 1 saturated heterocycles. The summed E-state index contributed by atoms with van der Waals surface area (Å²) in [6.07, 6.45) is 0. The Kier molecular flexibility index (Phi) is 5.88. The topological polar surface area (TPSA) is 112 Å². The summed E-state index contributed by atoms with van der Waals surface area (Å²) in [5.41, 5.74) is 0.985. The highest BCUT2D eigenvalue weighted by Gasteiger charge is 2.26. The fraction of sp³-hybridized carbons (Fsp3) is 0.250. The maximum Gasteiger partial charge on any atom is 0.338 e. The number of nitrogens with zero attached hydrogens (tertiary/aromatic N) is 3. The molecular formula is C20H19N3O6S. The van der Waals surface area contributed by atoms with Crippen molar-refractivity contribution in [2.75, 3.05) is 26.3 Å². The van der Waals surface area contributed by atoms with Gasteiger partial charge in [0.15, 0.2) is 6.61 Å². The quantitative estimate of drug-likeness (QED) is 0.548. The van der Waals surface area contributed by atoms with Crippen molar-refractivity contribution in [3.05, 3.63) is 66.1 Å². The fourth-order valence-electron chi connectivity index (χ4n) is 2.92. The first-order chi connectivity index (χ1) is 14.5. The summed E-state index contributed by atoms with van der Waals surface area (Å²) in [6.45, 7) is 1.16. The van der Waals surface area contributed by atoms with E-state index in [0.717, 1.165) is 5.56 Å². The number of carbonyl (C=O) groups is 1. The van der Waals surface area contributed by atoms with Gasteiger partial charge in [0, 0.05) is 18.7 Å². The average molecular weight is 429 g/mol. The van der Waals surface area contributed by atoms with Gasteiger partial charge in [-0.3, -0.25) is 0 Å². The van der Waals surface area contributed by atoms with Crippen molar-refractivity contribution in [1.29, 1.82) is 0 Å². The van der Waals surface area contributed by atoms with Crippen LogP contribution in [0.4, 0.5) is 0 Å². The molecule has 10 heteroatoms. The molecule has 156 valence electrons. The minimum absolute atomic E-state index is 0.116. The van der Waals surface area contributed by atoms with E-state index < -0.39 is 16.0 Å². The zero-order chi connectivity index (χ0) is 21.0. The Bertz CT molecular complexity index is 1110. The number of carbonyl (C=O) groups excluding carboxylic acids is 1. The summed E-state index contributed by atoms with van der Waals surface area (Å²) < 4.78 is 42.5. The molecule has 2 heterocycles. The van der Waals surface area contributed by atoms with Crippen molar-refractivity contribution in [3.8, 4) is 11.5 Å². The molecule has 0 atom stereocenters. The lowest BCUT2D eigenvalue weighted by Gasteiger charge is -2.26. The lowest BCUT2D eigenvalue weighted by molar-refractivity contribution is 0.0438. The molecule has 0 bridgehead atoms. The molecular weight excluding hydrogens is 410 g/mol. The fourth-order valence-corrected chi connectivity index (χ4v) is 4.33. The van der Waals surface area contributed by atoms with Crippen molar-refractivity contribution in [1.82, 2.24) is 14.5 Å². The number of aromatic nitrogens is 2. The van der Waals surface area contributed by atoms with Gasteiger partial charge in [0.1, 0.15) is 0 Å². The number of hydrogen-bond acceptors (Lipinski definition) is 8. The Hall–Kier alpha value is -3.08. The summed E-state index contributed by atoms with van der Waals surface area (Å²) in [6, 6.07) is 14.8. The molecule has 1 fully saturated rings. The van der Waals surface area contributed by atoms with E-state index in [2.05, 4.69) is 10.2 Å². The summed E-state index contributed by atoms with van der Waals surface area (Å²) in [4.78, 5) is 12.4. The maximum absolute atomic E-state index is 12.6. The highest BCUT2D eigenvalue weighted by molar-refractivity contribution is 7.89. The SMILES string of the molecule is O=C(OCc1nnc(-c2ccccc2)o1)c1ccc(S(=O)(=O)N2CCOCC2)cc1. The first-order valence-corrected chi connectivity index (χ1v) is 10.7. The second-order valence-corrected chi connectivity index (χ2v) is 8.42. The van der Waals surface area contributed by atoms with E-state index in [4.69, 9.17) is 13.9 Å². The van der Waals surface area contributed by atoms with Crippen LogP contribution in [0.15, 0.2) is 63.9 Å². The van der Waals surface area contributed by atoms with Gasteiger partial charge in [0.25, 0.3) is 5.89 Å². The number of morpholine rings is 1. The lowest BCUT2D eigenvalue weighted by Crippen LogP contribution is -2.40. The molecule has 1 aliphatic rings. The number of ether oxygens (including phenoxy) is 2. The van der Waals surface area contributed by atoms with Crippen molar-refractivity contribution >= 4 is 16.0 Å².